The number of fused-ring (bicyclic) bond motifs is 1. The second-order valence-electron chi connectivity index (χ2n) is 3.32. The van der Waals surface area contributed by atoms with Gasteiger partial charge in [0.25, 0.3) is 0 Å². The predicted octanol–water partition coefficient (Wildman–Crippen LogP) is 0.373. The Kier molecular flexibility index (Phi) is 3.42. The smallest absolute Gasteiger partial charge is 0.317 e. The fourth-order valence-corrected chi connectivity index (χ4v) is 2.28. The van der Waals surface area contributed by atoms with Crippen LogP contribution in [0.15, 0.2) is 17.7 Å². The minimum Gasteiger partial charge on any atom is -0.481 e. The normalized spacial score (nSPS) is 12.4. The molecule has 0 aliphatic heterocycles. The number of carboxylic acids is 2. The average Bonchev–Trinajstić information content (AvgIpc) is 2.76. The van der Waals surface area contributed by atoms with Crippen LogP contribution in [0.4, 0.5) is 0 Å². The van der Waals surface area contributed by atoms with Gasteiger partial charge in [-0.1, -0.05) is 11.8 Å². The number of aromatic nitrogens is 4. The van der Waals surface area contributed by atoms with Gasteiger partial charge in [-0.25, -0.2) is 15.0 Å². The number of H-pyrrole nitrogens is 1. The first kappa shape index (κ1) is 12.3. The van der Waals surface area contributed by atoms with E-state index in [0.29, 0.717) is 16.2 Å². The molecule has 0 aliphatic rings. The molecule has 0 radical (unpaired) electrons. The van der Waals surface area contributed by atoms with Crippen LogP contribution in [0.5, 0.6) is 0 Å². The summed E-state index contributed by atoms with van der Waals surface area (Å²) in [5, 5.41) is 16.9. The molecule has 1 atom stereocenters. The summed E-state index contributed by atoms with van der Waals surface area (Å²) in [5.41, 5.74) is 0.908. The van der Waals surface area contributed by atoms with Crippen LogP contribution < -0.4 is 0 Å². The van der Waals surface area contributed by atoms with E-state index in [4.69, 9.17) is 10.2 Å². The maximum atomic E-state index is 11.0. The molecule has 0 fully saturated rings. The van der Waals surface area contributed by atoms with E-state index in [1.54, 1.807) is 0 Å². The molecule has 2 heterocycles. The lowest BCUT2D eigenvalue weighted by Crippen LogP contribution is -2.20. The van der Waals surface area contributed by atoms with Gasteiger partial charge in [-0.3, -0.25) is 9.59 Å². The highest BCUT2D eigenvalue weighted by Crippen LogP contribution is 2.27. The van der Waals surface area contributed by atoms with E-state index in [9.17, 15) is 9.59 Å². The van der Waals surface area contributed by atoms with Crippen LogP contribution in [0, 0.1) is 0 Å². The highest BCUT2D eigenvalue weighted by atomic mass is 32.2. The van der Waals surface area contributed by atoms with Gasteiger partial charge >= 0.3 is 11.9 Å². The van der Waals surface area contributed by atoms with Gasteiger partial charge in [-0.2, -0.15) is 0 Å². The van der Waals surface area contributed by atoms with Crippen LogP contribution >= 0.6 is 11.8 Å². The Morgan fingerprint density at radius 3 is 2.78 bits per heavy atom. The third-order valence-corrected chi connectivity index (χ3v) is 3.26. The third kappa shape index (κ3) is 2.56. The molecule has 0 unspecified atom stereocenters. The summed E-state index contributed by atoms with van der Waals surface area (Å²) in [7, 11) is 0. The van der Waals surface area contributed by atoms with Crippen LogP contribution in [0.2, 0.25) is 0 Å². The van der Waals surface area contributed by atoms with Crippen LogP contribution in [0.25, 0.3) is 11.2 Å². The van der Waals surface area contributed by atoms with Gasteiger partial charge in [0, 0.05) is 0 Å². The van der Waals surface area contributed by atoms with Crippen molar-refractivity contribution in [3.8, 4) is 0 Å². The minimum absolute atomic E-state index is 0.367. The average molecular weight is 268 g/mol. The Hall–Kier alpha value is -2.16. The highest BCUT2D eigenvalue weighted by molar-refractivity contribution is 8.00. The highest BCUT2D eigenvalue weighted by Gasteiger charge is 2.24. The number of thioether (sulfide) groups is 1. The largest absolute Gasteiger partial charge is 0.481 e. The second kappa shape index (κ2) is 5.00. The van der Waals surface area contributed by atoms with Crippen molar-refractivity contribution in [1.82, 2.24) is 19.9 Å². The second-order valence-corrected chi connectivity index (χ2v) is 4.51. The fraction of sp³-hybridized carbons (Fsp3) is 0.222. The Morgan fingerprint density at radius 1 is 1.33 bits per heavy atom. The lowest BCUT2D eigenvalue weighted by atomic mass is 10.3. The number of imidazole rings is 1. The van der Waals surface area contributed by atoms with E-state index in [2.05, 4.69) is 19.9 Å². The summed E-state index contributed by atoms with van der Waals surface area (Å²) < 4.78 is 0. The number of hydrogen-bond acceptors (Lipinski definition) is 6. The molecule has 0 amide bonds. The molecule has 0 spiro atoms. The van der Waals surface area contributed by atoms with Crippen molar-refractivity contribution in [3.63, 3.8) is 0 Å². The quantitative estimate of drug-likeness (QED) is 0.524. The predicted molar refractivity (Wildman–Crippen MR) is 61.2 cm³/mol. The van der Waals surface area contributed by atoms with Gasteiger partial charge in [0.05, 0.1) is 12.7 Å². The van der Waals surface area contributed by atoms with Crippen molar-refractivity contribution < 1.29 is 19.8 Å². The van der Waals surface area contributed by atoms with Gasteiger partial charge in [-0.05, 0) is 0 Å². The molecule has 94 valence electrons. The number of carbonyl (C=O) groups is 2. The zero-order valence-electron chi connectivity index (χ0n) is 8.90. The van der Waals surface area contributed by atoms with Gasteiger partial charge in [0.1, 0.15) is 22.1 Å². The van der Waals surface area contributed by atoms with E-state index in [0.717, 1.165) is 11.8 Å². The first-order valence-electron chi connectivity index (χ1n) is 4.83. The molecule has 18 heavy (non-hydrogen) atoms. The molecule has 0 aromatic carbocycles. The van der Waals surface area contributed by atoms with Gasteiger partial charge in [0.15, 0.2) is 5.65 Å². The summed E-state index contributed by atoms with van der Waals surface area (Å²) >= 11 is 0.857. The Bertz CT molecular complexity index is 599. The number of nitrogens with zero attached hydrogens (tertiary/aromatic N) is 3. The van der Waals surface area contributed by atoms with Crippen molar-refractivity contribution in [1.29, 1.82) is 0 Å². The number of carboxylic acid groups (broad SMARTS) is 2. The van der Waals surface area contributed by atoms with E-state index >= 15 is 0 Å². The van der Waals surface area contributed by atoms with E-state index in [1.807, 2.05) is 0 Å². The summed E-state index contributed by atoms with van der Waals surface area (Å²) in [6.45, 7) is 0. The van der Waals surface area contributed by atoms with E-state index in [1.165, 1.54) is 12.7 Å². The number of rotatable bonds is 5. The first-order valence-corrected chi connectivity index (χ1v) is 5.71. The van der Waals surface area contributed by atoms with Crippen molar-refractivity contribution in [2.45, 2.75) is 16.7 Å². The van der Waals surface area contributed by atoms with Gasteiger partial charge < -0.3 is 15.2 Å². The zero-order valence-corrected chi connectivity index (χ0v) is 9.72. The molecule has 2 rings (SSSR count). The number of aromatic amines is 1. The van der Waals surface area contributed by atoms with Crippen molar-refractivity contribution in [2.75, 3.05) is 0 Å². The molecular formula is C9H8N4O4S. The minimum atomic E-state index is -1.20. The molecule has 0 saturated heterocycles. The summed E-state index contributed by atoms with van der Waals surface area (Å²) in [5.74, 6) is -2.38. The van der Waals surface area contributed by atoms with Crippen molar-refractivity contribution >= 4 is 34.9 Å². The molecule has 8 nitrogen and oxygen atoms in total. The van der Waals surface area contributed by atoms with Crippen molar-refractivity contribution in [2.24, 2.45) is 0 Å². The van der Waals surface area contributed by atoms with Gasteiger partial charge in [0.2, 0.25) is 0 Å². The fourth-order valence-electron chi connectivity index (χ4n) is 1.30. The Labute approximate surface area is 104 Å². The number of nitrogens with one attached hydrogen (secondary N) is 1. The maximum Gasteiger partial charge on any atom is 0.317 e. The summed E-state index contributed by atoms with van der Waals surface area (Å²) in [6.07, 6.45) is 2.18. The van der Waals surface area contributed by atoms with Crippen LogP contribution in [-0.2, 0) is 9.59 Å². The first-order chi connectivity index (χ1) is 8.58. The van der Waals surface area contributed by atoms with Crippen LogP contribution in [-0.4, -0.2) is 47.3 Å². The van der Waals surface area contributed by atoms with Crippen LogP contribution in [0.3, 0.4) is 0 Å². The number of hydrogen-bond donors (Lipinski definition) is 3. The molecule has 3 N–H and O–H groups in total. The number of aliphatic carboxylic acids is 2. The summed E-state index contributed by atoms with van der Waals surface area (Å²) in [4.78, 5) is 36.1. The molecule has 0 bridgehead atoms. The molecule has 0 aliphatic carbocycles. The standard InChI is InChI=1S/C9H8N4O4S/c14-5(15)1-4(9(16)17)18-8-6-7(11-2-10-6)12-3-13-8/h2-4H,1H2,(H,14,15)(H,16,17)(H,10,11,12,13)/t4-/m1/s1. The lowest BCUT2D eigenvalue weighted by Gasteiger charge is -2.08. The monoisotopic (exact) mass is 268 g/mol. The molecule has 0 saturated carbocycles. The van der Waals surface area contributed by atoms with E-state index < -0.39 is 23.6 Å². The Balaban J connectivity index is 2.28. The van der Waals surface area contributed by atoms with Crippen molar-refractivity contribution in [3.05, 3.63) is 12.7 Å². The Morgan fingerprint density at radius 2 is 2.11 bits per heavy atom. The molecule has 2 aromatic heterocycles. The molecular weight excluding hydrogens is 260 g/mol. The SMILES string of the molecule is O=C(O)C[C@@H](Sc1ncnc2nc[nH]c12)C(=O)O. The van der Waals surface area contributed by atoms with Gasteiger partial charge in [-0.15, -0.1) is 0 Å². The topological polar surface area (TPSA) is 129 Å². The van der Waals surface area contributed by atoms with Crippen LogP contribution in [0.1, 0.15) is 6.42 Å². The maximum absolute atomic E-state index is 11.0. The van der Waals surface area contributed by atoms with E-state index in [-0.39, 0.29) is 0 Å². The zero-order chi connectivity index (χ0) is 13.1. The third-order valence-electron chi connectivity index (χ3n) is 2.08. The molecule has 9 heteroatoms. The molecule has 2 aromatic rings. The summed E-state index contributed by atoms with van der Waals surface area (Å²) in [6, 6.07) is 0. The lowest BCUT2D eigenvalue weighted by molar-refractivity contribution is -0.142.